The lowest BCUT2D eigenvalue weighted by Crippen LogP contribution is -2.48. The van der Waals surface area contributed by atoms with Crippen LogP contribution in [0.4, 0.5) is 0 Å². The molecule has 5 aliphatic carbocycles. The van der Waals surface area contributed by atoms with E-state index < -0.39 is 0 Å². The third-order valence-corrected chi connectivity index (χ3v) is 13.3. The Morgan fingerprint density at radius 3 is 1.74 bits per heavy atom. The van der Waals surface area contributed by atoms with Gasteiger partial charge in [-0.15, -0.1) is 0 Å². The summed E-state index contributed by atoms with van der Waals surface area (Å²) in [6.45, 7) is 14.7. The van der Waals surface area contributed by atoms with Crippen molar-refractivity contribution in [2.45, 2.75) is 124 Å². The molecule has 1 aromatic rings. The van der Waals surface area contributed by atoms with Crippen molar-refractivity contribution in [1.29, 1.82) is 0 Å². The first-order valence-electron chi connectivity index (χ1n) is 14.4. The smallest absolute Gasteiger partial charge is 0.119 e. The lowest BCUT2D eigenvalue weighted by Gasteiger charge is -2.48. The minimum absolute atomic E-state index is 0.320. The van der Waals surface area contributed by atoms with Gasteiger partial charge < -0.3 is 10.2 Å². The van der Waals surface area contributed by atoms with Crippen LogP contribution in [-0.2, 0) is 0 Å². The number of hydrogen-bond donors (Lipinski definition) is 2. The minimum atomic E-state index is -0.320. The molecule has 0 saturated heterocycles. The summed E-state index contributed by atoms with van der Waals surface area (Å²) in [6.07, 6.45) is 13.9. The summed E-state index contributed by atoms with van der Waals surface area (Å²) in [5, 5.41) is 21.2. The molecule has 6 rings (SSSR count). The molecule has 0 amide bonds. The minimum Gasteiger partial charge on any atom is -0.508 e. The predicted octanol–water partition coefficient (Wildman–Crippen LogP) is 8.47. The normalized spacial score (nSPS) is 42.9. The predicted molar refractivity (Wildman–Crippen MR) is 141 cm³/mol. The maximum atomic E-state index is 11.1. The van der Waals surface area contributed by atoms with E-state index in [1.165, 1.54) is 63.4 Å². The highest BCUT2D eigenvalue weighted by Gasteiger charge is 2.65. The highest BCUT2D eigenvalue weighted by atomic mass is 16.3. The van der Waals surface area contributed by atoms with Crippen molar-refractivity contribution < 1.29 is 10.2 Å². The topological polar surface area (TPSA) is 40.5 Å². The lowest BCUT2D eigenvalue weighted by atomic mass is 9.59. The number of aliphatic hydroxyl groups is 1. The third-order valence-electron chi connectivity index (χ3n) is 13.3. The summed E-state index contributed by atoms with van der Waals surface area (Å²) >= 11 is 0. The van der Waals surface area contributed by atoms with Gasteiger partial charge in [0.1, 0.15) is 5.75 Å². The number of hydrogen-bond acceptors (Lipinski definition) is 2. The van der Waals surface area contributed by atoms with E-state index in [2.05, 4.69) is 53.7 Å². The van der Waals surface area contributed by atoms with Crippen LogP contribution >= 0.6 is 0 Å². The average molecular weight is 467 g/mol. The molecular formula is C32H50O2. The van der Waals surface area contributed by atoms with E-state index in [1.54, 1.807) is 0 Å². The second-order valence-electron chi connectivity index (χ2n) is 14.5. The Labute approximate surface area is 208 Å². The van der Waals surface area contributed by atoms with Gasteiger partial charge in [0.05, 0.1) is 5.60 Å². The van der Waals surface area contributed by atoms with E-state index in [1.807, 2.05) is 12.1 Å². The molecule has 5 fully saturated rings. The summed E-state index contributed by atoms with van der Waals surface area (Å²) in [6, 6.07) is 7.91. The van der Waals surface area contributed by atoms with Gasteiger partial charge in [0.15, 0.2) is 0 Å². The van der Waals surface area contributed by atoms with Crippen molar-refractivity contribution >= 4 is 0 Å². The van der Waals surface area contributed by atoms with Gasteiger partial charge in [-0.25, -0.2) is 0 Å². The van der Waals surface area contributed by atoms with Gasteiger partial charge in [0.25, 0.3) is 0 Å². The first-order chi connectivity index (χ1) is 15.9. The number of fused-ring (bicyclic) bond motifs is 4. The Hall–Kier alpha value is -1.02. The molecule has 5 aliphatic rings. The summed E-state index contributed by atoms with van der Waals surface area (Å²) in [5.41, 5.74) is 2.47. The first-order valence-corrected chi connectivity index (χ1v) is 14.4. The van der Waals surface area contributed by atoms with Crippen LogP contribution in [0.2, 0.25) is 0 Å². The molecule has 0 aromatic heterocycles. The Balaban J connectivity index is 0.000000142. The van der Waals surface area contributed by atoms with Gasteiger partial charge in [-0.1, -0.05) is 79.0 Å². The lowest BCUT2D eigenvalue weighted by molar-refractivity contribution is -0.102. The average Bonchev–Trinajstić information content (AvgIpc) is 3.32. The quantitative estimate of drug-likeness (QED) is 0.459. The maximum absolute atomic E-state index is 11.1. The van der Waals surface area contributed by atoms with Crippen molar-refractivity contribution in [2.24, 2.45) is 39.4 Å². The molecule has 0 spiro atoms. The van der Waals surface area contributed by atoms with Crippen LogP contribution in [0.5, 0.6) is 5.75 Å². The fourth-order valence-electron chi connectivity index (χ4n) is 9.98. The second-order valence-corrected chi connectivity index (χ2v) is 14.5. The van der Waals surface area contributed by atoms with Crippen molar-refractivity contribution in [3.05, 3.63) is 29.8 Å². The zero-order valence-corrected chi connectivity index (χ0v) is 22.8. The summed E-state index contributed by atoms with van der Waals surface area (Å²) in [4.78, 5) is 0. The fraction of sp³-hybridized carbons (Fsp3) is 0.812. The molecule has 190 valence electrons. The maximum Gasteiger partial charge on any atom is 0.119 e. The zero-order valence-electron chi connectivity index (χ0n) is 22.8. The molecule has 5 saturated carbocycles. The molecule has 6 atom stereocenters. The molecule has 0 radical (unpaired) electrons. The van der Waals surface area contributed by atoms with Crippen molar-refractivity contribution in [3.63, 3.8) is 0 Å². The van der Waals surface area contributed by atoms with Gasteiger partial charge in [-0.3, -0.25) is 0 Å². The molecule has 1 aromatic carbocycles. The van der Waals surface area contributed by atoms with Crippen molar-refractivity contribution in [2.75, 3.05) is 0 Å². The third kappa shape index (κ3) is 3.29. The highest BCUT2D eigenvalue weighted by molar-refractivity contribution is 5.39. The van der Waals surface area contributed by atoms with Crippen molar-refractivity contribution in [3.8, 4) is 5.75 Å². The molecule has 2 nitrogen and oxygen atoms in total. The number of aromatic hydroxyl groups is 1. The molecule has 0 heterocycles. The first kappa shape index (κ1) is 24.7. The second kappa shape index (κ2) is 7.99. The monoisotopic (exact) mass is 466 g/mol. The molecule has 34 heavy (non-hydrogen) atoms. The SMILES string of the molecule is CC1(C)C2CCC1(C)C(C1(O)CCCCC1)C2.CC1(C)C2CCC1(C)C(c1ccccc1O)C2. The van der Waals surface area contributed by atoms with E-state index in [0.717, 1.165) is 24.7 Å². The number of para-hydroxylation sites is 1. The molecule has 2 N–H and O–H groups in total. The molecule has 6 unspecified atom stereocenters. The van der Waals surface area contributed by atoms with Crippen LogP contribution in [-0.4, -0.2) is 15.8 Å². The van der Waals surface area contributed by atoms with Gasteiger partial charge in [0.2, 0.25) is 0 Å². The fourth-order valence-corrected chi connectivity index (χ4v) is 9.98. The van der Waals surface area contributed by atoms with Crippen LogP contribution in [0.15, 0.2) is 24.3 Å². The number of phenolic OH excluding ortho intramolecular Hbond substituents is 1. The highest BCUT2D eigenvalue weighted by Crippen LogP contribution is 2.72. The van der Waals surface area contributed by atoms with E-state index in [4.69, 9.17) is 0 Å². The Kier molecular flexibility index (Phi) is 5.80. The van der Waals surface area contributed by atoms with Gasteiger partial charge in [-0.2, -0.15) is 0 Å². The van der Waals surface area contributed by atoms with E-state index in [9.17, 15) is 10.2 Å². The Bertz CT molecular complexity index is 909. The van der Waals surface area contributed by atoms with Crippen molar-refractivity contribution in [1.82, 2.24) is 0 Å². The summed E-state index contributed by atoms with van der Waals surface area (Å²) < 4.78 is 0. The number of phenols is 1. The molecule has 2 heteroatoms. The largest absolute Gasteiger partial charge is 0.508 e. The van der Waals surface area contributed by atoms with Crippen LogP contribution < -0.4 is 0 Å². The van der Waals surface area contributed by atoms with E-state index >= 15 is 0 Å². The summed E-state index contributed by atoms with van der Waals surface area (Å²) in [7, 11) is 0. The standard InChI is InChI=1S/C16H28O.C16H22O/c1-14(2)12-7-10-15(14,3)13(11-12)16(17)8-5-4-6-9-16;1-15(2)11-8-9-16(15,3)13(10-11)12-6-4-5-7-14(12)17/h12-13,17H,4-11H2,1-3H3;4-7,11,13,17H,8-10H2,1-3H3. The Morgan fingerprint density at radius 2 is 1.26 bits per heavy atom. The molecule has 4 bridgehead atoms. The van der Waals surface area contributed by atoms with Crippen LogP contribution in [0.1, 0.15) is 124 Å². The van der Waals surface area contributed by atoms with E-state index in [-0.39, 0.29) is 5.60 Å². The number of rotatable bonds is 2. The molecular weight excluding hydrogens is 416 g/mol. The number of benzene rings is 1. The Morgan fingerprint density at radius 1 is 0.706 bits per heavy atom. The van der Waals surface area contributed by atoms with Gasteiger partial charge in [-0.05, 0) is 108 Å². The molecule has 0 aliphatic heterocycles. The van der Waals surface area contributed by atoms with E-state index in [0.29, 0.717) is 39.2 Å². The van der Waals surface area contributed by atoms with Crippen LogP contribution in [0, 0.1) is 39.4 Å². The van der Waals surface area contributed by atoms with Crippen LogP contribution in [0.3, 0.4) is 0 Å². The van der Waals surface area contributed by atoms with Crippen LogP contribution in [0.25, 0.3) is 0 Å². The zero-order chi connectivity index (χ0) is 24.6. The van der Waals surface area contributed by atoms with Gasteiger partial charge >= 0.3 is 0 Å². The summed E-state index contributed by atoms with van der Waals surface area (Å²) in [5.74, 6) is 3.30. The van der Waals surface area contributed by atoms with Gasteiger partial charge in [0, 0.05) is 0 Å².